The molecule has 2 aromatic rings. The second-order valence-electron chi connectivity index (χ2n) is 5.82. The largest absolute Gasteiger partial charge is 0.369 e. The summed E-state index contributed by atoms with van der Waals surface area (Å²) in [6, 6.07) is 7.20. The Bertz CT molecular complexity index is 843. The van der Waals surface area contributed by atoms with E-state index < -0.39 is 5.91 Å². The van der Waals surface area contributed by atoms with Crippen LogP contribution in [0.1, 0.15) is 12.1 Å². The summed E-state index contributed by atoms with van der Waals surface area (Å²) in [7, 11) is 0. The van der Waals surface area contributed by atoms with E-state index in [9.17, 15) is 14.4 Å². The van der Waals surface area contributed by atoms with Crippen molar-refractivity contribution in [1.29, 1.82) is 0 Å². The minimum atomic E-state index is -0.392. The molecule has 1 fully saturated rings. The molecule has 1 atom stereocenters. The molecule has 1 aliphatic heterocycles. The Morgan fingerprint density at radius 1 is 1.30 bits per heavy atom. The van der Waals surface area contributed by atoms with Crippen LogP contribution in [0, 0.1) is 12.8 Å². The number of likely N-dealkylation sites (tertiary alicyclic amines) is 1. The maximum Gasteiger partial charge on any atom is 0.275 e. The zero-order valence-corrected chi connectivity index (χ0v) is 12.9. The highest BCUT2D eigenvalue weighted by molar-refractivity contribution is 5.84. The Morgan fingerprint density at radius 3 is 2.65 bits per heavy atom. The lowest BCUT2D eigenvalue weighted by Crippen LogP contribution is -2.37. The van der Waals surface area contributed by atoms with E-state index in [2.05, 4.69) is 5.10 Å². The van der Waals surface area contributed by atoms with Crippen LogP contribution in [0.4, 0.5) is 0 Å². The van der Waals surface area contributed by atoms with E-state index in [0.29, 0.717) is 30.6 Å². The molecule has 120 valence electrons. The second kappa shape index (κ2) is 5.83. The summed E-state index contributed by atoms with van der Waals surface area (Å²) in [6.07, 6.45) is 0.570. The standard InChI is InChI=1S/C16H18N4O3/c1-10-12-4-2-3-5-13(12)16(23)20(18-10)9-14(21)19-7-6-11(8-19)15(17)22/h2-5,11H,6-9H2,1H3,(H2,17,22)/t11-/m1/s1. The van der Waals surface area contributed by atoms with Gasteiger partial charge in [0.2, 0.25) is 11.8 Å². The van der Waals surface area contributed by atoms with Gasteiger partial charge in [-0.05, 0) is 19.4 Å². The molecule has 0 spiro atoms. The molecular weight excluding hydrogens is 296 g/mol. The van der Waals surface area contributed by atoms with Crippen LogP contribution < -0.4 is 11.3 Å². The third-order valence-electron chi connectivity index (χ3n) is 4.28. The molecule has 1 aromatic heterocycles. The van der Waals surface area contributed by atoms with Gasteiger partial charge in [0.05, 0.1) is 17.0 Å². The number of carbonyl (C=O) groups is 2. The van der Waals surface area contributed by atoms with Crippen LogP contribution in [0.5, 0.6) is 0 Å². The molecule has 7 nitrogen and oxygen atoms in total. The lowest BCUT2D eigenvalue weighted by Gasteiger charge is -2.16. The summed E-state index contributed by atoms with van der Waals surface area (Å²) in [5, 5.41) is 5.57. The van der Waals surface area contributed by atoms with E-state index in [4.69, 9.17) is 5.73 Å². The van der Waals surface area contributed by atoms with Crippen LogP contribution in [-0.4, -0.2) is 39.6 Å². The van der Waals surface area contributed by atoms with Gasteiger partial charge in [-0.25, -0.2) is 4.68 Å². The van der Waals surface area contributed by atoms with Crippen molar-refractivity contribution in [2.24, 2.45) is 11.7 Å². The number of hydrogen-bond acceptors (Lipinski definition) is 4. The molecule has 7 heteroatoms. The Morgan fingerprint density at radius 2 is 2.00 bits per heavy atom. The van der Waals surface area contributed by atoms with Crippen molar-refractivity contribution in [1.82, 2.24) is 14.7 Å². The summed E-state index contributed by atoms with van der Waals surface area (Å²) >= 11 is 0. The van der Waals surface area contributed by atoms with Crippen molar-refractivity contribution >= 4 is 22.6 Å². The number of aromatic nitrogens is 2. The minimum absolute atomic E-state index is 0.129. The Hall–Kier alpha value is -2.70. The Kier molecular flexibility index (Phi) is 3.85. The van der Waals surface area contributed by atoms with Crippen molar-refractivity contribution in [2.75, 3.05) is 13.1 Å². The molecule has 0 aliphatic carbocycles. The van der Waals surface area contributed by atoms with Crippen LogP contribution in [0.15, 0.2) is 29.1 Å². The van der Waals surface area contributed by atoms with Crippen LogP contribution in [-0.2, 0) is 16.1 Å². The number of hydrogen-bond donors (Lipinski definition) is 1. The van der Waals surface area contributed by atoms with Gasteiger partial charge >= 0.3 is 0 Å². The molecule has 1 saturated heterocycles. The normalized spacial score (nSPS) is 17.6. The zero-order chi connectivity index (χ0) is 16.6. The summed E-state index contributed by atoms with van der Waals surface area (Å²) in [4.78, 5) is 37.6. The molecule has 2 amide bonds. The zero-order valence-electron chi connectivity index (χ0n) is 12.9. The molecule has 0 radical (unpaired) electrons. The van der Waals surface area contributed by atoms with Gasteiger partial charge < -0.3 is 10.6 Å². The van der Waals surface area contributed by atoms with Gasteiger partial charge in [-0.2, -0.15) is 5.10 Å². The number of fused-ring (bicyclic) bond motifs is 1. The first kappa shape index (κ1) is 15.2. The number of primary amides is 1. The van der Waals surface area contributed by atoms with Gasteiger partial charge in [-0.1, -0.05) is 18.2 Å². The maximum atomic E-state index is 12.5. The highest BCUT2D eigenvalue weighted by Gasteiger charge is 2.29. The fourth-order valence-electron chi connectivity index (χ4n) is 2.96. The molecule has 2 heterocycles. The summed E-state index contributed by atoms with van der Waals surface area (Å²) in [6.45, 7) is 2.47. The molecule has 1 aliphatic rings. The third-order valence-corrected chi connectivity index (χ3v) is 4.28. The number of benzene rings is 1. The summed E-state index contributed by atoms with van der Waals surface area (Å²) in [5.41, 5.74) is 5.69. The highest BCUT2D eigenvalue weighted by atomic mass is 16.2. The van der Waals surface area contributed by atoms with Crippen LogP contribution in [0.2, 0.25) is 0 Å². The molecule has 23 heavy (non-hydrogen) atoms. The summed E-state index contributed by atoms with van der Waals surface area (Å²) < 4.78 is 1.19. The molecule has 3 rings (SSSR count). The highest BCUT2D eigenvalue weighted by Crippen LogP contribution is 2.16. The fourth-order valence-corrected chi connectivity index (χ4v) is 2.96. The lowest BCUT2D eigenvalue weighted by atomic mass is 10.1. The third kappa shape index (κ3) is 2.81. The maximum absolute atomic E-state index is 12.5. The van der Waals surface area contributed by atoms with Gasteiger partial charge in [0.25, 0.3) is 5.56 Å². The van der Waals surface area contributed by atoms with Gasteiger partial charge in [0.1, 0.15) is 6.54 Å². The van der Waals surface area contributed by atoms with E-state index in [1.807, 2.05) is 19.1 Å². The lowest BCUT2D eigenvalue weighted by molar-refractivity contribution is -0.131. The van der Waals surface area contributed by atoms with Crippen LogP contribution >= 0.6 is 0 Å². The van der Waals surface area contributed by atoms with Crippen molar-refractivity contribution < 1.29 is 9.59 Å². The molecule has 0 bridgehead atoms. The van der Waals surface area contributed by atoms with Crippen LogP contribution in [0.25, 0.3) is 10.8 Å². The Labute approximate surface area is 132 Å². The molecule has 2 N–H and O–H groups in total. The predicted molar refractivity (Wildman–Crippen MR) is 84.6 cm³/mol. The quantitative estimate of drug-likeness (QED) is 0.864. The van der Waals surface area contributed by atoms with E-state index in [1.165, 1.54) is 4.68 Å². The van der Waals surface area contributed by atoms with Gasteiger partial charge in [-0.15, -0.1) is 0 Å². The number of carbonyl (C=O) groups excluding carboxylic acids is 2. The van der Waals surface area contributed by atoms with Gasteiger partial charge in [-0.3, -0.25) is 14.4 Å². The predicted octanol–water partition coefficient (Wildman–Crippen LogP) is 0.0387. The van der Waals surface area contributed by atoms with E-state index in [0.717, 1.165) is 5.39 Å². The average Bonchev–Trinajstić information content (AvgIpc) is 3.03. The SMILES string of the molecule is Cc1nn(CC(=O)N2CC[C@@H](C(N)=O)C2)c(=O)c2ccccc12. The number of amides is 2. The molecular formula is C16H18N4O3. The minimum Gasteiger partial charge on any atom is -0.369 e. The number of nitrogens with two attached hydrogens (primary N) is 1. The first-order valence-corrected chi connectivity index (χ1v) is 7.51. The first-order valence-electron chi connectivity index (χ1n) is 7.51. The second-order valence-corrected chi connectivity index (χ2v) is 5.82. The average molecular weight is 314 g/mol. The topological polar surface area (TPSA) is 98.3 Å². The van der Waals surface area contributed by atoms with Gasteiger partial charge in [0, 0.05) is 18.5 Å². The van der Waals surface area contributed by atoms with E-state index >= 15 is 0 Å². The van der Waals surface area contributed by atoms with E-state index in [1.54, 1.807) is 17.0 Å². The smallest absolute Gasteiger partial charge is 0.275 e. The Balaban J connectivity index is 1.85. The van der Waals surface area contributed by atoms with Gasteiger partial charge in [0.15, 0.2) is 0 Å². The first-order chi connectivity index (χ1) is 11.0. The molecule has 0 saturated carbocycles. The van der Waals surface area contributed by atoms with Crippen LogP contribution in [0.3, 0.4) is 0 Å². The molecule has 1 aromatic carbocycles. The van der Waals surface area contributed by atoms with Crippen molar-refractivity contribution in [3.63, 3.8) is 0 Å². The summed E-state index contributed by atoms with van der Waals surface area (Å²) in [5.74, 6) is -0.919. The monoisotopic (exact) mass is 314 g/mol. The number of rotatable bonds is 3. The number of aryl methyl sites for hydroxylation is 1. The van der Waals surface area contributed by atoms with Crippen molar-refractivity contribution in [2.45, 2.75) is 19.9 Å². The molecule has 0 unspecified atom stereocenters. The number of nitrogens with zero attached hydrogens (tertiary/aromatic N) is 3. The van der Waals surface area contributed by atoms with Crippen molar-refractivity contribution in [3.05, 3.63) is 40.3 Å². The fraction of sp³-hybridized carbons (Fsp3) is 0.375. The van der Waals surface area contributed by atoms with Crippen molar-refractivity contribution in [3.8, 4) is 0 Å². The van der Waals surface area contributed by atoms with E-state index in [-0.39, 0.29) is 23.9 Å².